The zero-order valence-electron chi connectivity index (χ0n) is 30.3. The monoisotopic (exact) mass is 702 g/mol. The Hall–Kier alpha value is -7.16. The summed E-state index contributed by atoms with van der Waals surface area (Å²) in [6, 6.07) is 57.0. The Morgan fingerprint density at radius 3 is 1.71 bits per heavy atom. The first-order chi connectivity index (χ1) is 27.2. The molecule has 258 valence electrons. The Bertz CT molecular complexity index is 3330. The fraction of sp³-hybridized carbons (Fsp3) is 0.0189. The van der Waals surface area contributed by atoms with E-state index in [2.05, 4.69) is 176 Å². The van der Waals surface area contributed by atoms with Gasteiger partial charge in [-0.3, -0.25) is 0 Å². The highest BCUT2D eigenvalue weighted by atomic mass is 16.3. The van der Waals surface area contributed by atoms with Gasteiger partial charge >= 0.3 is 0 Å². The van der Waals surface area contributed by atoms with Crippen molar-refractivity contribution in [1.29, 1.82) is 0 Å². The molecule has 0 aliphatic carbocycles. The third-order valence-electron chi connectivity index (χ3n) is 11.3. The first kappa shape index (κ1) is 31.4. The van der Waals surface area contributed by atoms with Crippen LogP contribution in [0.4, 0.5) is 0 Å². The minimum atomic E-state index is 0.753. The average molecular weight is 703 g/mol. The van der Waals surface area contributed by atoms with Gasteiger partial charge in [0.1, 0.15) is 22.5 Å². The van der Waals surface area contributed by atoms with Crippen LogP contribution in [-0.2, 0) is 0 Å². The van der Waals surface area contributed by atoms with Gasteiger partial charge < -0.3 is 8.83 Å². The second kappa shape index (κ2) is 12.2. The van der Waals surface area contributed by atoms with Gasteiger partial charge in [-0.15, -0.1) is 0 Å². The Labute approximate surface area is 317 Å². The Morgan fingerprint density at radius 2 is 1.04 bits per heavy atom. The van der Waals surface area contributed by atoms with E-state index in [1.165, 1.54) is 49.0 Å². The van der Waals surface area contributed by atoms with Crippen molar-refractivity contribution in [2.45, 2.75) is 6.92 Å². The maximum Gasteiger partial charge on any atom is 0.144 e. The van der Waals surface area contributed by atoms with E-state index in [1.807, 2.05) is 6.92 Å². The van der Waals surface area contributed by atoms with Gasteiger partial charge in [-0.1, -0.05) is 164 Å². The van der Waals surface area contributed by atoms with Crippen LogP contribution in [0.3, 0.4) is 0 Å². The number of hydrogen-bond acceptors (Lipinski definition) is 2. The molecule has 11 rings (SSSR count). The Kier molecular flexibility index (Phi) is 6.96. The lowest BCUT2D eigenvalue weighted by atomic mass is 9.84. The summed E-state index contributed by atoms with van der Waals surface area (Å²) in [6.07, 6.45) is 5.96. The molecule has 0 radical (unpaired) electrons. The first-order valence-electron chi connectivity index (χ1n) is 18.8. The van der Waals surface area contributed by atoms with Crippen molar-refractivity contribution in [1.82, 2.24) is 0 Å². The van der Waals surface area contributed by atoms with E-state index in [-0.39, 0.29) is 0 Å². The second-order valence-electron chi connectivity index (χ2n) is 14.3. The highest BCUT2D eigenvalue weighted by molar-refractivity contribution is 6.27. The van der Waals surface area contributed by atoms with Crippen LogP contribution < -0.4 is 0 Å². The fourth-order valence-electron chi connectivity index (χ4n) is 8.99. The zero-order valence-corrected chi connectivity index (χ0v) is 30.3. The number of benzene rings is 9. The lowest BCUT2D eigenvalue weighted by Gasteiger charge is -2.19. The molecule has 0 aliphatic heterocycles. The molecule has 0 fully saturated rings. The second-order valence-corrected chi connectivity index (χ2v) is 14.3. The van der Waals surface area contributed by atoms with Gasteiger partial charge in [0.05, 0.1) is 0 Å². The highest BCUT2D eigenvalue weighted by Gasteiger charge is 2.23. The van der Waals surface area contributed by atoms with Gasteiger partial charge in [-0.05, 0) is 90.7 Å². The molecule has 2 heterocycles. The van der Waals surface area contributed by atoms with Gasteiger partial charge in [0.25, 0.3) is 0 Å². The topological polar surface area (TPSA) is 26.3 Å². The highest BCUT2D eigenvalue weighted by Crippen LogP contribution is 2.48. The lowest BCUT2D eigenvalue weighted by molar-refractivity contribution is 0.603. The average Bonchev–Trinajstić information content (AvgIpc) is 3.81. The summed E-state index contributed by atoms with van der Waals surface area (Å²) < 4.78 is 13.5. The van der Waals surface area contributed by atoms with E-state index in [9.17, 15) is 0 Å². The summed E-state index contributed by atoms with van der Waals surface area (Å²) >= 11 is 0. The molecule has 0 saturated heterocycles. The van der Waals surface area contributed by atoms with Crippen molar-refractivity contribution in [2.24, 2.45) is 0 Å². The summed E-state index contributed by atoms with van der Waals surface area (Å²) in [5.74, 6) is 0.753. The van der Waals surface area contributed by atoms with E-state index in [4.69, 9.17) is 8.83 Å². The minimum absolute atomic E-state index is 0.753. The predicted octanol–water partition coefficient (Wildman–Crippen LogP) is 15.6. The molecule has 2 heteroatoms. The molecule has 0 N–H and O–H groups in total. The summed E-state index contributed by atoms with van der Waals surface area (Å²) in [4.78, 5) is 0. The third-order valence-corrected chi connectivity index (χ3v) is 11.3. The van der Waals surface area contributed by atoms with Gasteiger partial charge in [-0.2, -0.15) is 0 Å². The molecule has 0 saturated carbocycles. The molecular weight excluding hydrogens is 669 g/mol. The summed E-state index contributed by atoms with van der Waals surface area (Å²) in [6.45, 7) is 6.12. The van der Waals surface area contributed by atoms with Crippen molar-refractivity contribution < 1.29 is 8.83 Å². The van der Waals surface area contributed by atoms with Crippen LogP contribution in [-0.4, -0.2) is 0 Å². The number of hydrogen-bond donors (Lipinski definition) is 0. The smallest absolute Gasteiger partial charge is 0.144 e. The molecule has 11 aromatic rings. The van der Waals surface area contributed by atoms with Gasteiger partial charge in [-0.25, -0.2) is 0 Å². The molecule has 0 amide bonds. The van der Waals surface area contributed by atoms with E-state index >= 15 is 0 Å². The van der Waals surface area contributed by atoms with Gasteiger partial charge in [0, 0.05) is 32.7 Å². The Morgan fingerprint density at radius 1 is 0.455 bits per heavy atom. The molecule has 0 bridgehead atoms. The summed E-state index contributed by atoms with van der Waals surface area (Å²) in [5.41, 5.74) is 10.5. The van der Waals surface area contributed by atoms with E-state index in [1.54, 1.807) is 6.08 Å². The van der Waals surface area contributed by atoms with Gasteiger partial charge in [0.2, 0.25) is 0 Å². The normalized spacial score (nSPS) is 12.1. The van der Waals surface area contributed by atoms with Crippen molar-refractivity contribution in [2.75, 3.05) is 0 Å². The van der Waals surface area contributed by atoms with Crippen LogP contribution in [0.15, 0.2) is 179 Å². The molecule has 0 unspecified atom stereocenters. The predicted molar refractivity (Wildman–Crippen MR) is 235 cm³/mol. The zero-order chi connectivity index (χ0) is 36.6. The third kappa shape index (κ3) is 4.62. The van der Waals surface area contributed by atoms with Crippen molar-refractivity contribution >= 4 is 88.1 Å². The van der Waals surface area contributed by atoms with E-state index in [0.29, 0.717) is 0 Å². The standard InChI is InChI=1S/C53H34O2/c1-3-14-43-46(4-2)54-47-31-45(53-51(50(43)47)44-30-29-33-16-6-8-19-37(33)52(44)55-53)34-25-27-35(28-26-34)48-39-20-9-11-22-41(39)49(42-23-12-10-21-40(42)48)38-24-13-17-32-15-5-7-18-36(32)38/h3-31H,2H2,1H3/b14-3-. The van der Waals surface area contributed by atoms with Crippen molar-refractivity contribution in [3.63, 3.8) is 0 Å². The number of allylic oxidation sites excluding steroid dienone is 1. The molecular formula is C53H34O2. The van der Waals surface area contributed by atoms with Crippen LogP contribution in [0.2, 0.25) is 0 Å². The van der Waals surface area contributed by atoms with Crippen LogP contribution in [0.25, 0.3) is 122 Å². The maximum atomic E-state index is 6.96. The summed E-state index contributed by atoms with van der Waals surface area (Å²) in [7, 11) is 0. The largest absolute Gasteiger partial charge is 0.456 e. The molecule has 2 aromatic heterocycles. The minimum Gasteiger partial charge on any atom is -0.456 e. The van der Waals surface area contributed by atoms with Crippen LogP contribution in [0.1, 0.15) is 18.2 Å². The van der Waals surface area contributed by atoms with Gasteiger partial charge in [0.15, 0.2) is 0 Å². The SMILES string of the molecule is C=Cc1oc2cc(-c3ccc(-c4c5ccccc5c(-c5cccc6ccccc56)c5ccccc45)cc3)c3oc4c5ccccc5ccc4c3c2c1/C=C\C. The lowest BCUT2D eigenvalue weighted by Crippen LogP contribution is -1.91. The molecule has 9 aromatic carbocycles. The number of rotatable bonds is 5. The fourth-order valence-corrected chi connectivity index (χ4v) is 8.99. The van der Waals surface area contributed by atoms with E-state index < -0.39 is 0 Å². The van der Waals surface area contributed by atoms with Crippen molar-refractivity contribution in [3.05, 3.63) is 182 Å². The molecule has 0 atom stereocenters. The van der Waals surface area contributed by atoms with Crippen molar-refractivity contribution in [3.8, 4) is 33.4 Å². The molecule has 0 spiro atoms. The number of fused-ring (bicyclic) bond motifs is 10. The number of furan rings is 2. The quantitative estimate of drug-likeness (QED) is 0.167. The Balaban J connectivity index is 1.16. The van der Waals surface area contributed by atoms with Crippen LogP contribution in [0.5, 0.6) is 0 Å². The van der Waals surface area contributed by atoms with Crippen LogP contribution >= 0.6 is 0 Å². The first-order valence-corrected chi connectivity index (χ1v) is 18.8. The van der Waals surface area contributed by atoms with E-state index in [0.717, 1.165) is 71.7 Å². The summed E-state index contributed by atoms with van der Waals surface area (Å²) in [5, 5.41) is 12.9. The molecule has 2 nitrogen and oxygen atoms in total. The molecule has 55 heavy (non-hydrogen) atoms. The van der Waals surface area contributed by atoms with Crippen LogP contribution in [0, 0.1) is 0 Å². The maximum absolute atomic E-state index is 6.96. The molecule has 0 aliphatic rings.